The topological polar surface area (TPSA) is 63.6 Å². The van der Waals surface area contributed by atoms with Crippen LogP contribution in [0.4, 0.5) is 0 Å². The number of phenolic OH excluding ortho intramolecular Hbond substituents is 1. The molecular formula is C17H16O4. The molecule has 1 fully saturated rings. The second kappa shape index (κ2) is 5.56. The Morgan fingerprint density at radius 1 is 1.14 bits per heavy atom. The van der Waals surface area contributed by atoms with Crippen LogP contribution in [0.15, 0.2) is 36.4 Å². The molecule has 1 saturated carbocycles. The van der Waals surface area contributed by atoms with Crippen molar-refractivity contribution in [3.63, 3.8) is 0 Å². The zero-order valence-corrected chi connectivity index (χ0v) is 11.5. The lowest BCUT2D eigenvalue weighted by Gasteiger charge is -2.21. The smallest absolute Gasteiger partial charge is 0.342 e. The number of esters is 1. The summed E-state index contributed by atoms with van der Waals surface area (Å²) in [5.74, 6) is -0.769. The van der Waals surface area contributed by atoms with Crippen LogP contribution < -0.4 is 0 Å². The molecule has 108 valence electrons. The minimum atomic E-state index is -0.669. The Morgan fingerprint density at radius 2 is 1.95 bits per heavy atom. The summed E-state index contributed by atoms with van der Waals surface area (Å²) in [5.41, 5.74) is 0.104. The van der Waals surface area contributed by atoms with Gasteiger partial charge in [0.05, 0.1) is 0 Å². The number of ether oxygens (including phenoxy) is 1. The highest BCUT2D eigenvalue weighted by molar-refractivity contribution is 6.02. The maximum Gasteiger partial charge on any atom is 0.342 e. The van der Waals surface area contributed by atoms with Crippen molar-refractivity contribution in [2.45, 2.75) is 31.8 Å². The fourth-order valence-electron chi connectivity index (χ4n) is 2.69. The van der Waals surface area contributed by atoms with Crippen LogP contribution in [-0.2, 0) is 9.53 Å². The minimum absolute atomic E-state index is 0.0325. The Kier molecular flexibility index (Phi) is 3.60. The van der Waals surface area contributed by atoms with Crippen LogP contribution in [0.1, 0.15) is 36.0 Å². The molecule has 0 saturated heterocycles. The van der Waals surface area contributed by atoms with Crippen LogP contribution in [0.3, 0.4) is 0 Å². The van der Waals surface area contributed by atoms with Crippen molar-refractivity contribution in [2.75, 3.05) is 0 Å². The lowest BCUT2D eigenvalue weighted by atomic mass is 9.96. The molecule has 0 amide bonds. The van der Waals surface area contributed by atoms with Crippen LogP contribution in [0.25, 0.3) is 10.8 Å². The zero-order chi connectivity index (χ0) is 14.8. The van der Waals surface area contributed by atoms with Crippen LogP contribution in [-0.4, -0.2) is 23.0 Å². The minimum Gasteiger partial charge on any atom is -0.506 e. The number of Topliss-reactive ketones (excluding diaryl/α,β-unsaturated/α-hetero) is 1. The number of aromatic hydroxyl groups is 1. The SMILES string of the molecule is O=C(O[C@H]1CCCCC1=O)c1ccc2ccccc2c1O. The van der Waals surface area contributed by atoms with Gasteiger partial charge in [0.25, 0.3) is 0 Å². The van der Waals surface area contributed by atoms with Gasteiger partial charge in [-0.1, -0.05) is 30.3 Å². The van der Waals surface area contributed by atoms with Crippen molar-refractivity contribution < 1.29 is 19.4 Å². The maximum absolute atomic E-state index is 12.2. The normalized spacial score (nSPS) is 18.7. The fraction of sp³-hybridized carbons (Fsp3) is 0.294. The molecule has 0 heterocycles. The molecule has 1 atom stereocenters. The number of rotatable bonds is 2. The molecule has 2 aromatic rings. The first-order valence-electron chi connectivity index (χ1n) is 7.11. The van der Waals surface area contributed by atoms with Gasteiger partial charge < -0.3 is 9.84 Å². The number of hydrogen-bond acceptors (Lipinski definition) is 4. The molecule has 0 unspecified atom stereocenters. The first-order chi connectivity index (χ1) is 10.2. The highest BCUT2D eigenvalue weighted by Gasteiger charge is 2.27. The fourth-order valence-corrected chi connectivity index (χ4v) is 2.69. The van der Waals surface area contributed by atoms with Crippen molar-refractivity contribution in [3.8, 4) is 5.75 Å². The standard InChI is InChI=1S/C17H16O4/c18-14-7-3-4-8-15(14)21-17(20)13-10-9-11-5-1-2-6-12(11)16(13)19/h1-2,5-6,9-10,15,19H,3-4,7-8H2/t15-/m0/s1. The van der Waals surface area contributed by atoms with Gasteiger partial charge in [0.15, 0.2) is 11.9 Å². The molecule has 0 spiro atoms. The third kappa shape index (κ3) is 2.61. The molecule has 1 aliphatic carbocycles. The Hall–Kier alpha value is -2.36. The molecular weight excluding hydrogens is 268 g/mol. The van der Waals surface area contributed by atoms with E-state index in [2.05, 4.69) is 0 Å². The van der Waals surface area contributed by atoms with Crippen LogP contribution in [0.5, 0.6) is 5.75 Å². The van der Waals surface area contributed by atoms with E-state index in [0.717, 1.165) is 18.2 Å². The van der Waals surface area contributed by atoms with Gasteiger partial charge in [-0.2, -0.15) is 0 Å². The van der Waals surface area contributed by atoms with E-state index in [0.29, 0.717) is 18.2 Å². The quantitative estimate of drug-likeness (QED) is 0.860. The molecule has 3 rings (SSSR count). The first-order valence-corrected chi connectivity index (χ1v) is 7.11. The Bertz CT molecular complexity index is 705. The molecule has 0 bridgehead atoms. The van der Waals surface area contributed by atoms with Crippen molar-refractivity contribution >= 4 is 22.5 Å². The highest BCUT2D eigenvalue weighted by atomic mass is 16.5. The van der Waals surface area contributed by atoms with Crippen LogP contribution >= 0.6 is 0 Å². The van der Waals surface area contributed by atoms with E-state index in [9.17, 15) is 14.7 Å². The molecule has 2 aromatic carbocycles. The van der Waals surface area contributed by atoms with Gasteiger partial charge in [0, 0.05) is 11.8 Å². The molecule has 0 aliphatic heterocycles. The first kappa shape index (κ1) is 13.6. The molecule has 4 heteroatoms. The summed E-state index contributed by atoms with van der Waals surface area (Å²) in [6.07, 6.45) is 2.10. The van der Waals surface area contributed by atoms with Crippen molar-refractivity contribution in [1.82, 2.24) is 0 Å². The number of benzene rings is 2. The van der Waals surface area contributed by atoms with Gasteiger partial charge in [-0.15, -0.1) is 0 Å². The van der Waals surface area contributed by atoms with Gasteiger partial charge in [-0.3, -0.25) is 4.79 Å². The van der Waals surface area contributed by atoms with Crippen LogP contribution in [0, 0.1) is 0 Å². The summed E-state index contributed by atoms with van der Waals surface area (Å²) in [7, 11) is 0. The van der Waals surface area contributed by atoms with E-state index < -0.39 is 12.1 Å². The average molecular weight is 284 g/mol. The van der Waals surface area contributed by atoms with Crippen molar-refractivity contribution in [2.24, 2.45) is 0 Å². The monoisotopic (exact) mass is 284 g/mol. The average Bonchev–Trinajstić information content (AvgIpc) is 2.50. The van der Waals surface area contributed by atoms with E-state index >= 15 is 0 Å². The van der Waals surface area contributed by atoms with Gasteiger partial charge in [0.1, 0.15) is 11.3 Å². The molecule has 1 aliphatic rings. The van der Waals surface area contributed by atoms with Gasteiger partial charge in [-0.05, 0) is 30.7 Å². The summed E-state index contributed by atoms with van der Waals surface area (Å²) in [5, 5.41) is 11.7. The summed E-state index contributed by atoms with van der Waals surface area (Å²) in [6, 6.07) is 10.5. The van der Waals surface area contributed by atoms with E-state index in [4.69, 9.17) is 4.74 Å². The third-order valence-corrected chi connectivity index (χ3v) is 3.87. The second-order valence-corrected chi connectivity index (χ2v) is 5.29. The lowest BCUT2D eigenvalue weighted by Crippen LogP contribution is -2.30. The molecule has 0 aromatic heterocycles. The Labute approximate surface area is 122 Å². The summed E-state index contributed by atoms with van der Waals surface area (Å²) in [6.45, 7) is 0. The summed E-state index contributed by atoms with van der Waals surface area (Å²) >= 11 is 0. The number of hydrogen-bond donors (Lipinski definition) is 1. The second-order valence-electron chi connectivity index (χ2n) is 5.29. The lowest BCUT2D eigenvalue weighted by molar-refractivity contribution is -0.129. The predicted molar refractivity (Wildman–Crippen MR) is 78.3 cm³/mol. The number of phenols is 1. The molecule has 0 radical (unpaired) electrons. The van der Waals surface area contributed by atoms with E-state index in [1.54, 1.807) is 18.2 Å². The maximum atomic E-state index is 12.2. The Morgan fingerprint density at radius 3 is 2.76 bits per heavy atom. The van der Waals surface area contributed by atoms with Gasteiger partial charge >= 0.3 is 5.97 Å². The number of carbonyl (C=O) groups is 2. The number of fused-ring (bicyclic) bond motifs is 1. The number of carbonyl (C=O) groups excluding carboxylic acids is 2. The predicted octanol–water partition coefficient (Wildman–Crippen LogP) is 3.21. The molecule has 1 N–H and O–H groups in total. The van der Waals surface area contributed by atoms with E-state index in [1.165, 1.54) is 6.07 Å². The van der Waals surface area contributed by atoms with Crippen molar-refractivity contribution in [1.29, 1.82) is 0 Å². The third-order valence-electron chi connectivity index (χ3n) is 3.87. The Balaban J connectivity index is 1.87. The van der Waals surface area contributed by atoms with Gasteiger partial charge in [-0.25, -0.2) is 4.79 Å². The summed E-state index contributed by atoms with van der Waals surface area (Å²) in [4.78, 5) is 23.9. The van der Waals surface area contributed by atoms with Crippen molar-refractivity contribution in [3.05, 3.63) is 42.0 Å². The van der Waals surface area contributed by atoms with E-state index in [1.807, 2.05) is 12.1 Å². The highest BCUT2D eigenvalue weighted by Crippen LogP contribution is 2.30. The zero-order valence-electron chi connectivity index (χ0n) is 11.5. The number of ketones is 1. The molecule has 21 heavy (non-hydrogen) atoms. The van der Waals surface area contributed by atoms with Crippen LogP contribution in [0.2, 0.25) is 0 Å². The molecule has 4 nitrogen and oxygen atoms in total. The van der Waals surface area contributed by atoms with E-state index in [-0.39, 0.29) is 17.1 Å². The summed E-state index contributed by atoms with van der Waals surface area (Å²) < 4.78 is 5.27. The van der Waals surface area contributed by atoms with Gasteiger partial charge in [0.2, 0.25) is 0 Å². The largest absolute Gasteiger partial charge is 0.506 e.